The molecular weight excluding hydrogens is 176 g/mol. The molecule has 0 spiro atoms. The van der Waals surface area contributed by atoms with Gasteiger partial charge in [0, 0.05) is 0 Å². The zero-order valence-corrected chi connectivity index (χ0v) is 8.93. The van der Waals surface area contributed by atoms with Crippen LogP contribution in [0.2, 0.25) is 0 Å². The van der Waals surface area contributed by atoms with Gasteiger partial charge in [0.1, 0.15) is 0 Å². The van der Waals surface area contributed by atoms with Crippen molar-refractivity contribution in [1.82, 2.24) is 10.6 Å². The van der Waals surface area contributed by atoms with Gasteiger partial charge in [-0.3, -0.25) is 0 Å². The molecule has 0 aromatic carbocycles. The van der Waals surface area contributed by atoms with Gasteiger partial charge >= 0.3 is 0 Å². The lowest BCUT2D eigenvalue weighted by Crippen LogP contribution is -2.36. The summed E-state index contributed by atoms with van der Waals surface area (Å²) in [6, 6.07) is 0. The predicted octanol–water partition coefficient (Wildman–Crippen LogP) is 1.13. The van der Waals surface area contributed by atoms with Crippen LogP contribution < -0.4 is 10.6 Å². The van der Waals surface area contributed by atoms with E-state index in [1.165, 1.54) is 32.2 Å². The third kappa shape index (κ3) is 5.25. The first-order valence-corrected chi connectivity index (χ1v) is 5.57. The van der Waals surface area contributed by atoms with Crippen molar-refractivity contribution in [2.75, 3.05) is 32.8 Å². The minimum atomic E-state index is 0.777. The van der Waals surface area contributed by atoms with Crippen LogP contribution in [0.1, 0.15) is 19.3 Å². The summed E-state index contributed by atoms with van der Waals surface area (Å²) in [5, 5.41) is 6.88. The highest BCUT2D eigenvalue weighted by atomic mass is 16.5. The molecule has 0 radical (unpaired) electrons. The van der Waals surface area contributed by atoms with E-state index in [2.05, 4.69) is 17.2 Å². The zero-order chi connectivity index (χ0) is 10.1. The molecule has 1 atom stereocenters. The quantitative estimate of drug-likeness (QED) is 0.475. The lowest BCUT2D eigenvalue weighted by atomic mass is 10.00. The van der Waals surface area contributed by atoms with Gasteiger partial charge in [-0.05, 0) is 51.4 Å². The van der Waals surface area contributed by atoms with Crippen molar-refractivity contribution >= 4 is 0 Å². The largest absolute Gasteiger partial charge is 0.502 e. The number of nitrogens with one attached hydrogen (secondary N) is 2. The van der Waals surface area contributed by atoms with Crippen LogP contribution in [-0.2, 0) is 4.74 Å². The molecule has 0 saturated carbocycles. The van der Waals surface area contributed by atoms with Crippen LogP contribution in [0.15, 0.2) is 12.8 Å². The van der Waals surface area contributed by atoms with Crippen LogP contribution in [0.25, 0.3) is 0 Å². The second-order valence-corrected chi connectivity index (χ2v) is 3.81. The van der Waals surface area contributed by atoms with Gasteiger partial charge in [-0.2, -0.15) is 0 Å². The maximum Gasteiger partial charge on any atom is 0.0885 e. The molecule has 1 aliphatic heterocycles. The standard InChI is InChI=1S/C11H22N2O/c1-2-14-8-4-7-13-10-11-5-3-6-12-9-11/h2,11-13H,1,3-10H2. The fraction of sp³-hybridized carbons (Fsp3) is 0.818. The molecule has 0 aliphatic carbocycles. The molecule has 1 saturated heterocycles. The summed E-state index contributed by atoms with van der Waals surface area (Å²) in [5.74, 6) is 0.823. The van der Waals surface area contributed by atoms with Crippen molar-refractivity contribution in [1.29, 1.82) is 0 Å². The Kier molecular flexibility index (Phi) is 6.45. The topological polar surface area (TPSA) is 33.3 Å². The Balaban J connectivity index is 1.85. The van der Waals surface area contributed by atoms with Crippen LogP contribution >= 0.6 is 0 Å². The maximum absolute atomic E-state index is 5.04. The lowest BCUT2D eigenvalue weighted by molar-refractivity contribution is 0.242. The molecule has 0 bridgehead atoms. The Hall–Kier alpha value is -0.540. The predicted molar refractivity (Wildman–Crippen MR) is 59.2 cm³/mol. The molecule has 0 aromatic heterocycles. The van der Waals surface area contributed by atoms with Gasteiger partial charge in [-0.25, -0.2) is 0 Å². The smallest absolute Gasteiger partial charge is 0.0885 e. The monoisotopic (exact) mass is 198 g/mol. The van der Waals surface area contributed by atoms with Crippen molar-refractivity contribution < 1.29 is 4.74 Å². The molecule has 2 N–H and O–H groups in total. The molecule has 14 heavy (non-hydrogen) atoms. The van der Waals surface area contributed by atoms with E-state index in [-0.39, 0.29) is 0 Å². The third-order valence-corrected chi connectivity index (χ3v) is 2.57. The molecule has 0 amide bonds. The summed E-state index contributed by atoms with van der Waals surface area (Å²) in [6.07, 6.45) is 5.26. The van der Waals surface area contributed by atoms with Gasteiger partial charge in [-0.15, -0.1) is 0 Å². The Labute approximate surface area is 86.9 Å². The molecular formula is C11H22N2O. The van der Waals surface area contributed by atoms with E-state index < -0.39 is 0 Å². The van der Waals surface area contributed by atoms with Gasteiger partial charge in [0.05, 0.1) is 12.9 Å². The van der Waals surface area contributed by atoms with E-state index in [0.717, 1.165) is 32.0 Å². The lowest BCUT2D eigenvalue weighted by Gasteiger charge is -2.22. The summed E-state index contributed by atoms with van der Waals surface area (Å²) in [6.45, 7) is 8.84. The average Bonchev–Trinajstić information content (AvgIpc) is 2.25. The molecule has 1 aliphatic rings. The maximum atomic E-state index is 5.04. The van der Waals surface area contributed by atoms with Gasteiger partial charge in [0.15, 0.2) is 0 Å². The highest BCUT2D eigenvalue weighted by Crippen LogP contribution is 2.07. The number of rotatable bonds is 7. The molecule has 3 heteroatoms. The zero-order valence-electron chi connectivity index (χ0n) is 8.93. The second kappa shape index (κ2) is 7.83. The van der Waals surface area contributed by atoms with Crippen molar-refractivity contribution in [2.24, 2.45) is 5.92 Å². The summed E-state index contributed by atoms with van der Waals surface area (Å²) >= 11 is 0. The molecule has 1 rings (SSSR count). The van der Waals surface area contributed by atoms with Crippen molar-refractivity contribution in [3.05, 3.63) is 12.8 Å². The summed E-state index contributed by atoms with van der Waals surface area (Å²) in [4.78, 5) is 0. The summed E-state index contributed by atoms with van der Waals surface area (Å²) in [5.41, 5.74) is 0. The summed E-state index contributed by atoms with van der Waals surface area (Å²) in [7, 11) is 0. The highest BCUT2D eigenvalue weighted by Gasteiger charge is 2.11. The fourth-order valence-electron chi connectivity index (χ4n) is 1.77. The molecule has 82 valence electrons. The number of ether oxygens (including phenoxy) is 1. The molecule has 1 heterocycles. The fourth-order valence-corrected chi connectivity index (χ4v) is 1.77. The van der Waals surface area contributed by atoms with Gasteiger partial charge in [-0.1, -0.05) is 6.58 Å². The number of piperidine rings is 1. The minimum Gasteiger partial charge on any atom is -0.502 e. The Bertz CT molecular complexity index is 144. The molecule has 3 nitrogen and oxygen atoms in total. The first kappa shape index (κ1) is 11.5. The Morgan fingerprint density at radius 2 is 2.50 bits per heavy atom. The Morgan fingerprint density at radius 1 is 1.57 bits per heavy atom. The van der Waals surface area contributed by atoms with Crippen LogP contribution in [0.3, 0.4) is 0 Å². The molecule has 1 unspecified atom stereocenters. The molecule has 1 fully saturated rings. The summed E-state index contributed by atoms with van der Waals surface area (Å²) < 4.78 is 5.04. The van der Waals surface area contributed by atoms with Crippen LogP contribution in [0, 0.1) is 5.92 Å². The first-order valence-electron chi connectivity index (χ1n) is 5.57. The van der Waals surface area contributed by atoms with E-state index in [0.29, 0.717) is 0 Å². The van der Waals surface area contributed by atoms with Crippen molar-refractivity contribution in [2.45, 2.75) is 19.3 Å². The number of hydrogen-bond acceptors (Lipinski definition) is 3. The van der Waals surface area contributed by atoms with Gasteiger partial charge in [0.2, 0.25) is 0 Å². The van der Waals surface area contributed by atoms with E-state index in [9.17, 15) is 0 Å². The van der Waals surface area contributed by atoms with Crippen LogP contribution in [0.5, 0.6) is 0 Å². The van der Waals surface area contributed by atoms with Gasteiger partial charge in [0.25, 0.3) is 0 Å². The SMILES string of the molecule is C=COCCCNCC1CCCNC1. The van der Waals surface area contributed by atoms with Crippen LogP contribution in [0.4, 0.5) is 0 Å². The average molecular weight is 198 g/mol. The molecule has 0 aromatic rings. The van der Waals surface area contributed by atoms with E-state index in [1.54, 1.807) is 0 Å². The first-order chi connectivity index (χ1) is 6.93. The van der Waals surface area contributed by atoms with Gasteiger partial charge < -0.3 is 15.4 Å². The second-order valence-electron chi connectivity index (χ2n) is 3.81. The third-order valence-electron chi connectivity index (χ3n) is 2.57. The van der Waals surface area contributed by atoms with Crippen molar-refractivity contribution in [3.8, 4) is 0 Å². The van der Waals surface area contributed by atoms with E-state index >= 15 is 0 Å². The van der Waals surface area contributed by atoms with Crippen molar-refractivity contribution in [3.63, 3.8) is 0 Å². The minimum absolute atomic E-state index is 0.777. The normalized spacial score (nSPS) is 21.9. The van der Waals surface area contributed by atoms with E-state index in [4.69, 9.17) is 4.74 Å². The highest BCUT2D eigenvalue weighted by molar-refractivity contribution is 4.70. The van der Waals surface area contributed by atoms with Crippen LogP contribution in [-0.4, -0.2) is 32.8 Å². The van der Waals surface area contributed by atoms with E-state index in [1.807, 2.05) is 0 Å². The number of hydrogen-bond donors (Lipinski definition) is 2. The Morgan fingerprint density at radius 3 is 3.21 bits per heavy atom.